The number of piperidine rings is 1. The predicted octanol–water partition coefficient (Wildman–Crippen LogP) is 3.45. The molecule has 1 aliphatic heterocycles. The summed E-state index contributed by atoms with van der Waals surface area (Å²) in [6.07, 6.45) is 3.53. The van der Waals surface area contributed by atoms with Gasteiger partial charge in [-0.25, -0.2) is 4.98 Å². The second-order valence-electron chi connectivity index (χ2n) is 7.55. The number of benzene rings is 2. The number of hydrogen-bond donors (Lipinski definition) is 1. The average molecular weight is 395 g/mol. The van der Waals surface area contributed by atoms with Crippen LogP contribution in [0.25, 0.3) is 10.2 Å². The third kappa shape index (κ3) is 4.26. The quantitative estimate of drug-likeness (QED) is 0.695. The van der Waals surface area contributed by atoms with Gasteiger partial charge in [-0.2, -0.15) is 0 Å². The van der Waals surface area contributed by atoms with Gasteiger partial charge < -0.3 is 9.80 Å². The van der Waals surface area contributed by atoms with Crippen LogP contribution in [0.3, 0.4) is 0 Å². The number of nitrogens with one attached hydrogen (secondary N) is 1. The van der Waals surface area contributed by atoms with E-state index in [0.717, 1.165) is 25.0 Å². The molecular weight excluding hydrogens is 366 g/mol. The molecule has 146 valence electrons. The zero-order valence-electron chi connectivity index (χ0n) is 16.4. The van der Waals surface area contributed by atoms with Gasteiger partial charge in [-0.3, -0.25) is 4.79 Å². The predicted molar refractivity (Wildman–Crippen MR) is 114 cm³/mol. The average Bonchev–Trinajstić information content (AvgIpc) is 3.17. The van der Waals surface area contributed by atoms with Crippen molar-refractivity contribution in [3.8, 4) is 0 Å². The van der Waals surface area contributed by atoms with Crippen LogP contribution in [0.1, 0.15) is 42.8 Å². The normalized spacial score (nSPS) is 19.6. The van der Waals surface area contributed by atoms with Crippen molar-refractivity contribution >= 4 is 27.5 Å². The highest BCUT2D eigenvalue weighted by Gasteiger charge is 2.32. The van der Waals surface area contributed by atoms with Crippen molar-refractivity contribution < 1.29 is 9.69 Å². The van der Waals surface area contributed by atoms with Crippen LogP contribution in [0.15, 0.2) is 54.6 Å². The Morgan fingerprint density at radius 1 is 1.14 bits per heavy atom. The molecule has 1 saturated heterocycles. The number of rotatable bonds is 6. The summed E-state index contributed by atoms with van der Waals surface area (Å²) in [5, 5.41) is 1.19. The molecule has 0 radical (unpaired) electrons. The molecule has 2 heterocycles. The topological polar surface area (TPSA) is 37.6 Å². The highest BCUT2D eigenvalue weighted by Crippen LogP contribution is 2.28. The Morgan fingerprint density at radius 2 is 1.93 bits per heavy atom. The summed E-state index contributed by atoms with van der Waals surface area (Å²) in [6, 6.07) is 18.9. The smallest absolute Gasteiger partial charge is 0.278 e. The van der Waals surface area contributed by atoms with Crippen LogP contribution in [0.5, 0.6) is 0 Å². The fourth-order valence-corrected chi connectivity index (χ4v) is 5.27. The summed E-state index contributed by atoms with van der Waals surface area (Å²) in [6.45, 7) is 5.11. The molecule has 1 N–H and O–H groups in total. The number of quaternary nitrogens is 1. The van der Waals surface area contributed by atoms with Gasteiger partial charge in [-0.15, -0.1) is 11.3 Å². The summed E-state index contributed by atoms with van der Waals surface area (Å²) in [5.74, 6) is 0.245. The monoisotopic (exact) mass is 394 g/mol. The highest BCUT2D eigenvalue weighted by molar-refractivity contribution is 7.18. The first kappa shape index (κ1) is 19.1. The number of hydrogen-bond acceptors (Lipinski definition) is 3. The van der Waals surface area contributed by atoms with Crippen LogP contribution in [-0.2, 0) is 11.3 Å². The van der Waals surface area contributed by atoms with Gasteiger partial charge in [-0.1, -0.05) is 42.5 Å². The number of thiazole rings is 1. The number of likely N-dealkylation sites (tertiary alicyclic amines) is 1. The molecule has 28 heavy (non-hydrogen) atoms. The van der Waals surface area contributed by atoms with Crippen LogP contribution >= 0.6 is 11.3 Å². The van der Waals surface area contributed by atoms with Gasteiger partial charge >= 0.3 is 0 Å². The number of likely N-dealkylation sites (N-methyl/N-ethyl adjacent to an activating group) is 1. The highest BCUT2D eigenvalue weighted by atomic mass is 32.1. The SMILES string of the molecule is CCN(Cc1ccccc1)C(=O)C[NH+]1CCCC[C@H]1c1nc2ccccc2s1. The largest absolute Gasteiger partial charge is 0.334 e. The molecule has 0 saturated carbocycles. The first-order chi connectivity index (χ1) is 13.7. The van der Waals surface area contributed by atoms with Gasteiger partial charge in [0, 0.05) is 19.5 Å². The maximum absolute atomic E-state index is 13.1. The van der Waals surface area contributed by atoms with E-state index < -0.39 is 0 Å². The van der Waals surface area contributed by atoms with Crippen molar-refractivity contribution in [2.45, 2.75) is 38.8 Å². The molecule has 1 aliphatic rings. The van der Waals surface area contributed by atoms with Crippen LogP contribution in [0.2, 0.25) is 0 Å². The summed E-state index contributed by atoms with van der Waals surface area (Å²) in [5.41, 5.74) is 2.27. The number of fused-ring (bicyclic) bond motifs is 1. The number of aromatic nitrogens is 1. The van der Waals surface area contributed by atoms with Crippen LogP contribution in [0.4, 0.5) is 0 Å². The minimum absolute atomic E-state index is 0.245. The van der Waals surface area contributed by atoms with Crippen molar-refractivity contribution in [3.05, 3.63) is 65.2 Å². The number of carbonyl (C=O) groups excluding carboxylic acids is 1. The molecule has 5 heteroatoms. The summed E-state index contributed by atoms with van der Waals surface area (Å²) in [7, 11) is 0. The fourth-order valence-electron chi connectivity index (χ4n) is 4.11. The summed E-state index contributed by atoms with van der Waals surface area (Å²) < 4.78 is 1.24. The number of carbonyl (C=O) groups is 1. The molecule has 1 amide bonds. The van der Waals surface area contributed by atoms with Crippen molar-refractivity contribution in [1.29, 1.82) is 0 Å². The molecule has 3 aromatic rings. The number of para-hydroxylation sites is 1. The molecule has 0 bridgehead atoms. The molecule has 0 aliphatic carbocycles. The first-order valence-corrected chi connectivity index (χ1v) is 11.1. The Kier molecular flexibility index (Phi) is 6.03. The minimum atomic E-state index is 0.245. The van der Waals surface area contributed by atoms with E-state index in [4.69, 9.17) is 4.98 Å². The Labute approximate surface area is 170 Å². The Bertz CT molecular complexity index is 891. The van der Waals surface area contributed by atoms with Gasteiger partial charge in [0.1, 0.15) is 6.04 Å². The lowest BCUT2D eigenvalue weighted by molar-refractivity contribution is -0.929. The van der Waals surface area contributed by atoms with Crippen molar-refractivity contribution in [1.82, 2.24) is 9.88 Å². The number of nitrogens with zero attached hydrogens (tertiary/aromatic N) is 2. The van der Waals surface area contributed by atoms with Crippen molar-refractivity contribution in [2.24, 2.45) is 0 Å². The second-order valence-corrected chi connectivity index (χ2v) is 8.61. The number of amides is 1. The van der Waals surface area contributed by atoms with Crippen molar-refractivity contribution in [2.75, 3.05) is 19.6 Å². The second kappa shape index (κ2) is 8.84. The van der Waals surface area contributed by atoms with E-state index >= 15 is 0 Å². The Balaban J connectivity index is 1.48. The first-order valence-electron chi connectivity index (χ1n) is 10.3. The Hall–Kier alpha value is -2.24. The van der Waals surface area contributed by atoms with E-state index in [0.29, 0.717) is 19.1 Å². The molecule has 1 fully saturated rings. The van der Waals surface area contributed by atoms with Gasteiger partial charge in [0.2, 0.25) is 0 Å². The van der Waals surface area contributed by atoms with Crippen molar-refractivity contribution in [3.63, 3.8) is 0 Å². The molecule has 4 nitrogen and oxygen atoms in total. The van der Waals surface area contributed by atoms with E-state index in [9.17, 15) is 4.79 Å². The van der Waals surface area contributed by atoms with E-state index in [-0.39, 0.29) is 5.91 Å². The van der Waals surface area contributed by atoms with E-state index in [2.05, 4.69) is 37.3 Å². The fraction of sp³-hybridized carbons (Fsp3) is 0.391. The zero-order valence-corrected chi connectivity index (χ0v) is 17.3. The maximum Gasteiger partial charge on any atom is 0.278 e. The summed E-state index contributed by atoms with van der Waals surface area (Å²) in [4.78, 5) is 21.3. The molecule has 2 aromatic carbocycles. The van der Waals surface area contributed by atoms with Gasteiger partial charge in [-0.05, 0) is 37.5 Å². The summed E-state index contributed by atoms with van der Waals surface area (Å²) >= 11 is 1.79. The molecule has 1 aromatic heterocycles. The molecule has 2 atom stereocenters. The van der Waals surface area contributed by atoms with Crippen LogP contribution in [0, 0.1) is 0 Å². The molecule has 0 spiro atoms. The lowest BCUT2D eigenvalue weighted by atomic mass is 10.0. The van der Waals surface area contributed by atoms with E-state index in [1.807, 2.05) is 29.2 Å². The molecule has 4 rings (SSSR count). The zero-order chi connectivity index (χ0) is 19.3. The maximum atomic E-state index is 13.1. The standard InChI is InChI=1S/C23H27N3OS/c1-2-25(16-18-10-4-3-5-11-18)22(27)17-26-15-9-8-13-20(26)23-24-19-12-6-7-14-21(19)28-23/h3-7,10-12,14,20H,2,8-9,13,15-17H2,1H3/p+1/t20-/m0/s1. The van der Waals surface area contributed by atoms with E-state index in [1.54, 1.807) is 11.3 Å². The lowest BCUT2D eigenvalue weighted by Gasteiger charge is -2.32. The van der Waals surface area contributed by atoms with Gasteiger partial charge in [0.15, 0.2) is 11.6 Å². The third-order valence-electron chi connectivity index (χ3n) is 5.67. The van der Waals surface area contributed by atoms with Gasteiger partial charge in [0.05, 0.1) is 16.8 Å². The lowest BCUT2D eigenvalue weighted by Crippen LogP contribution is -3.14. The molecule has 1 unspecified atom stereocenters. The minimum Gasteiger partial charge on any atom is -0.334 e. The van der Waals surface area contributed by atoms with Crippen LogP contribution < -0.4 is 4.90 Å². The third-order valence-corrected chi connectivity index (χ3v) is 6.82. The van der Waals surface area contributed by atoms with Gasteiger partial charge in [0.25, 0.3) is 5.91 Å². The van der Waals surface area contributed by atoms with Crippen LogP contribution in [-0.4, -0.2) is 35.4 Å². The Morgan fingerprint density at radius 3 is 2.71 bits per heavy atom. The van der Waals surface area contributed by atoms with E-state index in [1.165, 1.54) is 33.0 Å². The molecular formula is C23H28N3OS+.